The summed E-state index contributed by atoms with van der Waals surface area (Å²) in [5.74, 6) is 1.63. The number of likely N-dealkylation sites (tertiary alicyclic amines) is 1. The molecule has 35 heavy (non-hydrogen) atoms. The number of ether oxygens (including phenoxy) is 1. The Morgan fingerprint density at radius 2 is 1.91 bits per heavy atom. The van der Waals surface area contributed by atoms with Crippen LogP contribution in [0.3, 0.4) is 0 Å². The molecule has 1 N–H and O–H groups in total. The maximum atomic E-state index is 14.5. The molecule has 7 nitrogen and oxygen atoms in total. The number of aliphatic hydroxyl groups is 1. The van der Waals surface area contributed by atoms with Crippen molar-refractivity contribution in [1.29, 1.82) is 0 Å². The van der Waals surface area contributed by atoms with E-state index in [1.165, 1.54) is 11.6 Å². The fourth-order valence-electron chi connectivity index (χ4n) is 4.84. The van der Waals surface area contributed by atoms with E-state index in [0.29, 0.717) is 36.9 Å². The minimum Gasteiger partial charge on any atom is -0.493 e. The first kappa shape index (κ1) is 25.4. The predicted molar refractivity (Wildman–Crippen MR) is 133 cm³/mol. The van der Waals surface area contributed by atoms with Gasteiger partial charge in [0.1, 0.15) is 11.6 Å². The highest BCUT2D eigenvalue weighted by Gasteiger charge is 2.30. The van der Waals surface area contributed by atoms with E-state index in [2.05, 4.69) is 21.8 Å². The summed E-state index contributed by atoms with van der Waals surface area (Å²) in [7, 11) is 0. The Bertz CT molecular complexity index is 957. The Morgan fingerprint density at radius 3 is 2.57 bits per heavy atom. The molecule has 190 valence electrons. The number of benzene rings is 1. The lowest BCUT2D eigenvalue weighted by Crippen LogP contribution is -2.51. The second kappa shape index (κ2) is 12.3. The summed E-state index contributed by atoms with van der Waals surface area (Å²) in [4.78, 5) is 25.2. The van der Waals surface area contributed by atoms with Gasteiger partial charge >= 0.3 is 0 Å². The molecule has 1 aromatic heterocycles. The summed E-state index contributed by atoms with van der Waals surface area (Å²) in [6.45, 7) is 5.85. The number of rotatable bonds is 11. The third-order valence-corrected chi connectivity index (χ3v) is 7.09. The van der Waals surface area contributed by atoms with E-state index in [-0.39, 0.29) is 24.9 Å². The molecule has 2 saturated heterocycles. The van der Waals surface area contributed by atoms with Crippen LogP contribution in [0.5, 0.6) is 5.75 Å². The lowest BCUT2D eigenvalue weighted by Gasteiger charge is -2.38. The number of aryl methyl sites for hydroxylation is 1. The molecule has 8 heteroatoms. The molecular formula is C27H37FN4O3. The van der Waals surface area contributed by atoms with E-state index in [1.54, 1.807) is 17.0 Å². The van der Waals surface area contributed by atoms with Crippen LogP contribution >= 0.6 is 0 Å². The number of amides is 1. The fraction of sp³-hybridized carbons (Fsp3) is 0.593. The minimum atomic E-state index is -0.410. The maximum Gasteiger partial charge on any atom is 0.227 e. The number of piperidine rings is 1. The summed E-state index contributed by atoms with van der Waals surface area (Å²) >= 11 is 0. The van der Waals surface area contributed by atoms with E-state index in [9.17, 15) is 9.18 Å². The van der Waals surface area contributed by atoms with Crippen molar-refractivity contribution in [2.24, 2.45) is 11.8 Å². The zero-order valence-electron chi connectivity index (χ0n) is 20.7. The van der Waals surface area contributed by atoms with Crippen LogP contribution in [0, 0.1) is 17.7 Å². The van der Waals surface area contributed by atoms with Gasteiger partial charge in [0.05, 0.1) is 13.0 Å². The molecule has 4 rings (SSSR count). The summed E-state index contributed by atoms with van der Waals surface area (Å²) in [5.41, 5.74) is 1.57. The van der Waals surface area contributed by atoms with Gasteiger partial charge in [-0.3, -0.25) is 4.79 Å². The van der Waals surface area contributed by atoms with Crippen LogP contribution in [0.1, 0.15) is 50.2 Å². The first-order valence-corrected chi connectivity index (χ1v) is 12.9. The van der Waals surface area contributed by atoms with Crippen molar-refractivity contribution in [3.05, 3.63) is 47.5 Å². The van der Waals surface area contributed by atoms with Crippen LogP contribution in [-0.4, -0.2) is 65.3 Å². The van der Waals surface area contributed by atoms with Gasteiger partial charge in [-0.15, -0.1) is 0 Å². The third-order valence-electron chi connectivity index (χ3n) is 7.09. The van der Waals surface area contributed by atoms with Gasteiger partial charge in [-0.1, -0.05) is 19.4 Å². The molecule has 2 aromatic rings. The number of anilines is 1. The molecule has 0 bridgehead atoms. The predicted octanol–water partition coefficient (Wildman–Crippen LogP) is 3.64. The molecule has 0 unspecified atom stereocenters. The minimum absolute atomic E-state index is 0.0386. The van der Waals surface area contributed by atoms with Gasteiger partial charge in [0.25, 0.3) is 0 Å². The number of hydrogen-bond acceptors (Lipinski definition) is 6. The van der Waals surface area contributed by atoms with E-state index in [0.717, 1.165) is 57.6 Å². The number of carbonyl (C=O) groups is 1. The van der Waals surface area contributed by atoms with Gasteiger partial charge in [-0.25, -0.2) is 14.4 Å². The number of nitrogens with zero attached hydrogens (tertiary/aromatic N) is 4. The molecule has 0 atom stereocenters. The molecule has 0 spiro atoms. The van der Waals surface area contributed by atoms with Crippen LogP contribution in [0.2, 0.25) is 0 Å². The molecular weight excluding hydrogens is 447 g/mol. The Balaban J connectivity index is 1.13. The van der Waals surface area contributed by atoms with E-state index < -0.39 is 5.82 Å². The Hall–Kier alpha value is -2.74. The van der Waals surface area contributed by atoms with Crippen LogP contribution < -0.4 is 9.64 Å². The lowest BCUT2D eigenvalue weighted by atomic mass is 9.92. The number of hydrogen-bond donors (Lipinski definition) is 1. The first-order valence-electron chi connectivity index (χ1n) is 12.9. The molecule has 2 aliphatic rings. The highest BCUT2D eigenvalue weighted by atomic mass is 19.1. The van der Waals surface area contributed by atoms with Crippen LogP contribution in [-0.2, 0) is 17.6 Å². The van der Waals surface area contributed by atoms with Gasteiger partial charge in [-0.05, 0) is 55.2 Å². The first-order chi connectivity index (χ1) is 17.1. The summed E-state index contributed by atoms with van der Waals surface area (Å²) < 4.78 is 20.2. The molecule has 1 aromatic carbocycles. The van der Waals surface area contributed by atoms with Crippen molar-refractivity contribution < 1.29 is 19.0 Å². The topological polar surface area (TPSA) is 78.8 Å². The second-order valence-corrected chi connectivity index (χ2v) is 9.84. The van der Waals surface area contributed by atoms with Gasteiger partial charge in [0, 0.05) is 57.2 Å². The van der Waals surface area contributed by atoms with Crippen LogP contribution in [0.25, 0.3) is 0 Å². The monoisotopic (exact) mass is 484 g/mol. The van der Waals surface area contributed by atoms with Crippen molar-refractivity contribution in [1.82, 2.24) is 14.9 Å². The van der Waals surface area contributed by atoms with Crippen molar-refractivity contribution in [2.75, 3.05) is 44.3 Å². The number of carbonyl (C=O) groups excluding carboxylic acids is 1. The Morgan fingerprint density at radius 1 is 1.17 bits per heavy atom. The van der Waals surface area contributed by atoms with Crippen molar-refractivity contribution in [3.8, 4) is 5.75 Å². The van der Waals surface area contributed by atoms with E-state index in [4.69, 9.17) is 9.84 Å². The molecule has 1 amide bonds. The quantitative estimate of drug-likeness (QED) is 0.491. The van der Waals surface area contributed by atoms with Crippen molar-refractivity contribution in [2.45, 2.75) is 51.9 Å². The van der Waals surface area contributed by atoms with E-state index >= 15 is 0 Å². The summed E-state index contributed by atoms with van der Waals surface area (Å²) in [6.07, 6.45) is 10.3. The van der Waals surface area contributed by atoms with Gasteiger partial charge < -0.3 is 19.6 Å². The Labute approximate surface area is 207 Å². The zero-order chi connectivity index (χ0) is 24.6. The number of halogens is 1. The largest absolute Gasteiger partial charge is 0.493 e. The maximum absolute atomic E-state index is 14.5. The van der Waals surface area contributed by atoms with Crippen molar-refractivity contribution >= 4 is 11.9 Å². The average Bonchev–Trinajstić information content (AvgIpc) is 2.84. The SMILES string of the molecule is CCCc1cnc(N2CCC(CCCOc3ccc(CC(=O)N4CC(CO)C4)c(F)c3)CC2)nc1. The summed E-state index contributed by atoms with van der Waals surface area (Å²) in [5, 5.41) is 9.07. The highest BCUT2D eigenvalue weighted by Crippen LogP contribution is 2.25. The Kier molecular flexibility index (Phi) is 8.90. The smallest absolute Gasteiger partial charge is 0.227 e. The third kappa shape index (κ3) is 6.90. The molecule has 0 radical (unpaired) electrons. The van der Waals surface area contributed by atoms with Crippen LogP contribution in [0.15, 0.2) is 30.6 Å². The molecule has 2 aliphatic heterocycles. The molecule has 0 saturated carbocycles. The average molecular weight is 485 g/mol. The zero-order valence-corrected chi connectivity index (χ0v) is 20.7. The van der Waals surface area contributed by atoms with Gasteiger partial charge in [0.15, 0.2) is 0 Å². The normalized spacial score (nSPS) is 16.9. The highest BCUT2D eigenvalue weighted by molar-refractivity contribution is 5.79. The number of aromatic nitrogens is 2. The van der Waals surface area contributed by atoms with Crippen LogP contribution in [0.4, 0.5) is 10.3 Å². The van der Waals surface area contributed by atoms with Gasteiger partial charge in [0.2, 0.25) is 11.9 Å². The standard InChI is InChI=1S/C27H37FN4O3/c1-2-4-21-15-29-27(30-16-21)31-10-8-20(9-11-31)5-3-12-35-24-7-6-23(25(28)14-24)13-26(34)32-17-22(18-32)19-33/h6-7,14-16,20,22,33H,2-5,8-13,17-19H2,1H3. The van der Waals surface area contributed by atoms with E-state index in [1.807, 2.05) is 12.4 Å². The lowest BCUT2D eigenvalue weighted by molar-refractivity contribution is -0.137. The second-order valence-electron chi connectivity index (χ2n) is 9.84. The van der Waals surface area contributed by atoms with Crippen molar-refractivity contribution in [3.63, 3.8) is 0 Å². The van der Waals surface area contributed by atoms with Gasteiger partial charge in [-0.2, -0.15) is 0 Å². The fourth-order valence-corrected chi connectivity index (χ4v) is 4.84. The molecule has 2 fully saturated rings. The molecule has 0 aliphatic carbocycles. The molecule has 3 heterocycles. The number of aliphatic hydroxyl groups excluding tert-OH is 1. The summed E-state index contributed by atoms with van der Waals surface area (Å²) in [6, 6.07) is 4.75.